The average Bonchev–Trinajstić information content (AvgIpc) is 2.82. The van der Waals surface area contributed by atoms with Gasteiger partial charge in [0.15, 0.2) is 0 Å². The van der Waals surface area contributed by atoms with Crippen LogP contribution in [0.1, 0.15) is 31.7 Å². The second kappa shape index (κ2) is 8.71. The molecule has 0 saturated heterocycles. The predicted molar refractivity (Wildman–Crippen MR) is 106 cm³/mol. The Kier molecular flexibility index (Phi) is 6.12. The molecule has 0 aliphatic carbocycles. The fraction of sp³-hybridized carbons (Fsp3) is 0.364. The number of ether oxygens (including phenoxy) is 1. The van der Waals surface area contributed by atoms with Crippen LogP contribution in [0, 0.1) is 5.92 Å². The summed E-state index contributed by atoms with van der Waals surface area (Å²) in [6.07, 6.45) is 0.264. The molecule has 0 spiro atoms. The number of carbonyl (C=O) groups is 2. The zero-order valence-corrected chi connectivity index (χ0v) is 15.9. The molecule has 1 N–H and O–H groups in total. The van der Waals surface area contributed by atoms with Gasteiger partial charge in [-0.15, -0.1) is 0 Å². The molecule has 5 nitrogen and oxygen atoms in total. The molecule has 1 aliphatic heterocycles. The van der Waals surface area contributed by atoms with E-state index in [9.17, 15) is 9.59 Å². The molecule has 2 amide bonds. The van der Waals surface area contributed by atoms with Crippen molar-refractivity contribution in [1.29, 1.82) is 0 Å². The molecule has 1 unspecified atom stereocenters. The molecule has 1 atom stereocenters. The fourth-order valence-electron chi connectivity index (χ4n) is 3.36. The molecule has 1 aliphatic rings. The van der Waals surface area contributed by atoms with Crippen molar-refractivity contribution in [1.82, 2.24) is 5.32 Å². The highest BCUT2D eigenvalue weighted by atomic mass is 16.5. The van der Waals surface area contributed by atoms with Crippen LogP contribution in [0.3, 0.4) is 0 Å². The number of benzene rings is 2. The molecule has 2 aromatic rings. The van der Waals surface area contributed by atoms with Crippen molar-refractivity contribution in [2.75, 3.05) is 24.6 Å². The van der Waals surface area contributed by atoms with Gasteiger partial charge in [0, 0.05) is 12.5 Å². The third-order valence-electron chi connectivity index (χ3n) is 4.88. The Morgan fingerprint density at radius 3 is 2.56 bits per heavy atom. The first-order valence-corrected chi connectivity index (χ1v) is 9.40. The van der Waals surface area contributed by atoms with Gasteiger partial charge in [-0.05, 0) is 23.6 Å². The zero-order valence-electron chi connectivity index (χ0n) is 15.9. The van der Waals surface area contributed by atoms with E-state index in [0.717, 1.165) is 0 Å². The third kappa shape index (κ3) is 4.67. The van der Waals surface area contributed by atoms with Gasteiger partial charge in [0.25, 0.3) is 0 Å². The normalized spacial score (nSPS) is 14.9. The lowest BCUT2D eigenvalue weighted by Gasteiger charge is -2.24. The topological polar surface area (TPSA) is 58.6 Å². The number of fused-ring (bicyclic) bond motifs is 1. The van der Waals surface area contributed by atoms with Crippen molar-refractivity contribution in [2.24, 2.45) is 5.92 Å². The molecule has 2 aromatic carbocycles. The summed E-state index contributed by atoms with van der Waals surface area (Å²) in [5.41, 5.74) is 1.86. The Morgan fingerprint density at radius 1 is 1.11 bits per heavy atom. The standard InChI is InChI=1S/C22H26N2O3/c1-16(2)18(17-8-4-3-5-9-17)14-23-21(25)15-24-19-10-6-7-11-20(19)27-13-12-22(24)26/h3-11,16,18H,12-15H2,1-2H3,(H,23,25). The number of hydrogen-bond acceptors (Lipinski definition) is 3. The Balaban J connectivity index is 1.67. The van der Waals surface area contributed by atoms with E-state index in [1.54, 1.807) is 0 Å². The Labute approximate surface area is 160 Å². The summed E-state index contributed by atoms with van der Waals surface area (Å²) in [6, 6.07) is 17.5. The van der Waals surface area contributed by atoms with Gasteiger partial charge in [0.1, 0.15) is 12.3 Å². The average molecular weight is 366 g/mol. The van der Waals surface area contributed by atoms with Crippen molar-refractivity contribution in [2.45, 2.75) is 26.2 Å². The lowest BCUT2D eigenvalue weighted by Crippen LogP contribution is -2.42. The predicted octanol–water partition coefficient (Wildman–Crippen LogP) is 3.36. The molecule has 0 bridgehead atoms. The van der Waals surface area contributed by atoms with Gasteiger partial charge in [-0.1, -0.05) is 56.3 Å². The van der Waals surface area contributed by atoms with Crippen LogP contribution >= 0.6 is 0 Å². The number of amides is 2. The van der Waals surface area contributed by atoms with Crippen LogP contribution < -0.4 is 15.0 Å². The maximum Gasteiger partial charge on any atom is 0.240 e. The van der Waals surface area contributed by atoms with Gasteiger partial charge in [0.05, 0.1) is 18.7 Å². The summed E-state index contributed by atoms with van der Waals surface area (Å²) in [5.74, 6) is 0.993. The van der Waals surface area contributed by atoms with E-state index in [4.69, 9.17) is 4.74 Å². The summed E-state index contributed by atoms with van der Waals surface area (Å²) in [6.45, 7) is 5.17. The van der Waals surface area contributed by atoms with Crippen LogP contribution in [0.2, 0.25) is 0 Å². The van der Waals surface area contributed by atoms with E-state index < -0.39 is 0 Å². The number of para-hydroxylation sites is 2. The Hall–Kier alpha value is -2.82. The largest absolute Gasteiger partial charge is 0.491 e. The number of hydrogen-bond donors (Lipinski definition) is 1. The van der Waals surface area contributed by atoms with Crippen molar-refractivity contribution >= 4 is 17.5 Å². The van der Waals surface area contributed by atoms with E-state index >= 15 is 0 Å². The Bertz CT molecular complexity index is 789. The van der Waals surface area contributed by atoms with Crippen LogP contribution in [0.15, 0.2) is 54.6 Å². The van der Waals surface area contributed by atoms with Crippen molar-refractivity contribution in [3.05, 3.63) is 60.2 Å². The first-order valence-electron chi connectivity index (χ1n) is 9.40. The molecular formula is C22H26N2O3. The summed E-state index contributed by atoms with van der Waals surface area (Å²) in [5, 5.41) is 3.01. The van der Waals surface area contributed by atoms with E-state index in [1.807, 2.05) is 42.5 Å². The number of rotatable bonds is 6. The molecule has 27 heavy (non-hydrogen) atoms. The summed E-state index contributed by atoms with van der Waals surface area (Å²) in [7, 11) is 0. The van der Waals surface area contributed by atoms with Crippen LogP contribution in [0.4, 0.5) is 5.69 Å². The molecule has 0 radical (unpaired) electrons. The lowest BCUT2D eigenvalue weighted by molar-refractivity contribution is -0.124. The minimum absolute atomic E-state index is 0.00118. The minimum atomic E-state index is -0.165. The van der Waals surface area contributed by atoms with E-state index in [0.29, 0.717) is 30.5 Å². The van der Waals surface area contributed by atoms with Gasteiger partial charge < -0.3 is 10.1 Å². The van der Waals surface area contributed by atoms with Crippen LogP contribution in [0.25, 0.3) is 0 Å². The van der Waals surface area contributed by atoms with E-state index in [-0.39, 0.29) is 30.7 Å². The van der Waals surface area contributed by atoms with Gasteiger partial charge in [-0.3, -0.25) is 14.5 Å². The van der Waals surface area contributed by atoms with Gasteiger partial charge >= 0.3 is 0 Å². The molecule has 0 aromatic heterocycles. The molecule has 142 valence electrons. The molecule has 0 saturated carbocycles. The van der Waals surface area contributed by atoms with Crippen LogP contribution in [-0.2, 0) is 9.59 Å². The quantitative estimate of drug-likeness (QED) is 0.853. The summed E-state index contributed by atoms with van der Waals surface area (Å²) in [4.78, 5) is 26.6. The maximum absolute atomic E-state index is 12.6. The molecule has 3 rings (SSSR count). The minimum Gasteiger partial charge on any atom is -0.491 e. The molecule has 5 heteroatoms. The lowest BCUT2D eigenvalue weighted by atomic mass is 9.88. The van der Waals surface area contributed by atoms with Crippen LogP contribution in [0.5, 0.6) is 5.75 Å². The SMILES string of the molecule is CC(C)C(CNC(=O)CN1C(=O)CCOc2ccccc21)c1ccccc1. The first kappa shape index (κ1) is 19.0. The molecular weight excluding hydrogens is 340 g/mol. The second-order valence-electron chi connectivity index (χ2n) is 7.11. The third-order valence-corrected chi connectivity index (χ3v) is 4.88. The van der Waals surface area contributed by atoms with Crippen molar-refractivity contribution in [3.63, 3.8) is 0 Å². The van der Waals surface area contributed by atoms with Gasteiger partial charge in [-0.25, -0.2) is 0 Å². The smallest absolute Gasteiger partial charge is 0.240 e. The van der Waals surface area contributed by atoms with Crippen molar-refractivity contribution < 1.29 is 14.3 Å². The fourth-order valence-corrected chi connectivity index (χ4v) is 3.36. The number of nitrogens with one attached hydrogen (secondary N) is 1. The Morgan fingerprint density at radius 2 is 1.81 bits per heavy atom. The number of anilines is 1. The van der Waals surface area contributed by atoms with Gasteiger partial charge in [-0.2, -0.15) is 0 Å². The number of nitrogens with zero attached hydrogens (tertiary/aromatic N) is 1. The molecule has 0 fully saturated rings. The van der Waals surface area contributed by atoms with E-state index in [2.05, 4.69) is 31.3 Å². The van der Waals surface area contributed by atoms with E-state index in [1.165, 1.54) is 10.5 Å². The van der Waals surface area contributed by atoms with Gasteiger partial charge in [0.2, 0.25) is 11.8 Å². The monoisotopic (exact) mass is 366 g/mol. The number of carbonyl (C=O) groups excluding carboxylic acids is 2. The second-order valence-corrected chi connectivity index (χ2v) is 7.11. The summed E-state index contributed by atoms with van der Waals surface area (Å²) >= 11 is 0. The van der Waals surface area contributed by atoms with Crippen LogP contribution in [-0.4, -0.2) is 31.5 Å². The highest BCUT2D eigenvalue weighted by Crippen LogP contribution is 2.30. The molecule has 1 heterocycles. The highest BCUT2D eigenvalue weighted by Gasteiger charge is 2.25. The zero-order chi connectivity index (χ0) is 19.2. The highest BCUT2D eigenvalue weighted by molar-refractivity contribution is 6.00. The van der Waals surface area contributed by atoms with Crippen molar-refractivity contribution in [3.8, 4) is 5.75 Å². The maximum atomic E-state index is 12.6. The summed E-state index contributed by atoms with van der Waals surface area (Å²) < 4.78 is 5.62. The first-order chi connectivity index (χ1) is 13.1.